The average Bonchev–Trinajstić information content (AvgIpc) is 3.18. The highest BCUT2D eigenvalue weighted by Crippen LogP contribution is 2.38. The Bertz CT molecular complexity index is 1060. The van der Waals surface area contributed by atoms with E-state index < -0.39 is 0 Å². The van der Waals surface area contributed by atoms with Crippen molar-refractivity contribution in [1.29, 1.82) is 0 Å². The molecule has 3 aliphatic rings. The minimum atomic E-state index is -0.0512. The van der Waals surface area contributed by atoms with Crippen LogP contribution in [-0.2, 0) is 22.5 Å². The van der Waals surface area contributed by atoms with Gasteiger partial charge in [-0.25, -0.2) is 0 Å². The van der Waals surface area contributed by atoms with E-state index >= 15 is 0 Å². The zero-order valence-corrected chi connectivity index (χ0v) is 18.3. The molecule has 1 aromatic carbocycles. The van der Waals surface area contributed by atoms with Crippen molar-refractivity contribution >= 4 is 17.8 Å². The van der Waals surface area contributed by atoms with E-state index in [0.29, 0.717) is 12.6 Å². The van der Waals surface area contributed by atoms with Gasteiger partial charge >= 0.3 is 0 Å². The standard InChI is InChI=1S/C25H29N3O3/c1-3-17-7-8-19-20(5-4-6-21(19)25(17)30)24-22-15-27(16(2)29)12-9-23(22)28(26-24)18-10-13-31-14-11-18/h4-8,17-18H,3,9-15H2,1-2H3. The predicted octanol–water partition coefficient (Wildman–Crippen LogP) is 4.04. The minimum absolute atomic E-state index is 0.0512. The van der Waals surface area contributed by atoms with Gasteiger partial charge < -0.3 is 9.64 Å². The molecule has 6 nitrogen and oxygen atoms in total. The first-order valence-electron chi connectivity index (χ1n) is 11.4. The normalized spacial score (nSPS) is 21.2. The van der Waals surface area contributed by atoms with Crippen LogP contribution in [0, 0.1) is 5.92 Å². The maximum Gasteiger partial charge on any atom is 0.219 e. The van der Waals surface area contributed by atoms with E-state index in [-0.39, 0.29) is 17.6 Å². The summed E-state index contributed by atoms with van der Waals surface area (Å²) in [7, 11) is 0. The van der Waals surface area contributed by atoms with Crippen molar-refractivity contribution in [1.82, 2.24) is 14.7 Å². The number of carbonyl (C=O) groups is 2. The van der Waals surface area contributed by atoms with Crippen LogP contribution in [0.5, 0.6) is 0 Å². The second-order valence-corrected chi connectivity index (χ2v) is 8.76. The third-order valence-electron chi connectivity index (χ3n) is 6.97. The molecule has 0 saturated carbocycles. The maximum atomic E-state index is 13.0. The molecule has 1 aromatic heterocycles. The fourth-order valence-electron chi connectivity index (χ4n) is 5.15. The van der Waals surface area contributed by atoms with Crippen molar-refractivity contribution in [3.05, 3.63) is 46.7 Å². The number of nitrogens with zero attached hydrogens (tertiary/aromatic N) is 3. The molecule has 0 N–H and O–H groups in total. The second-order valence-electron chi connectivity index (χ2n) is 8.76. The molecule has 31 heavy (non-hydrogen) atoms. The van der Waals surface area contributed by atoms with E-state index in [4.69, 9.17) is 9.84 Å². The summed E-state index contributed by atoms with van der Waals surface area (Å²) in [5.74, 6) is 0.223. The van der Waals surface area contributed by atoms with E-state index in [1.165, 1.54) is 5.69 Å². The summed E-state index contributed by atoms with van der Waals surface area (Å²) in [6.45, 7) is 6.48. The lowest BCUT2D eigenvalue weighted by Crippen LogP contribution is -2.35. The molecule has 1 amide bonds. The van der Waals surface area contributed by atoms with Gasteiger partial charge in [0.2, 0.25) is 5.91 Å². The topological polar surface area (TPSA) is 64.4 Å². The van der Waals surface area contributed by atoms with Gasteiger partial charge in [-0.3, -0.25) is 14.3 Å². The Kier molecular flexibility index (Phi) is 5.26. The quantitative estimate of drug-likeness (QED) is 0.753. The van der Waals surface area contributed by atoms with Gasteiger partial charge in [-0.05, 0) is 24.8 Å². The number of Topliss-reactive ketones (excluding diaryl/α,β-unsaturated/α-hetero) is 1. The van der Waals surface area contributed by atoms with Crippen LogP contribution < -0.4 is 0 Å². The number of hydrogen-bond donors (Lipinski definition) is 0. The number of benzene rings is 1. The van der Waals surface area contributed by atoms with Crippen molar-refractivity contribution in [2.24, 2.45) is 5.92 Å². The zero-order chi connectivity index (χ0) is 21.5. The minimum Gasteiger partial charge on any atom is -0.381 e. The van der Waals surface area contributed by atoms with Gasteiger partial charge in [0.25, 0.3) is 0 Å². The van der Waals surface area contributed by atoms with Crippen LogP contribution in [0.2, 0.25) is 0 Å². The summed E-state index contributed by atoms with van der Waals surface area (Å²) in [4.78, 5) is 27.0. The number of fused-ring (bicyclic) bond motifs is 2. The van der Waals surface area contributed by atoms with Crippen LogP contribution in [0.15, 0.2) is 24.3 Å². The van der Waals surface area contributed by atoms with E-state index in [0.717, 1.165) is 73.4 Å². The highest BCUT2D eigenvalue weighted by atomic mass is 16.5. The van der Waals surface area contributed by atoms with Gasteiger partial charge in [0.05, 0.1) is 11.7 Å². The molecular weight excluding hydrogens is 390 g/mol. The molecule has 1 saturated heterocycles. The van der Waals surface area contributed by atoms with Crippen LogP contribution in [0.3, 0.4) is 0 Å². The molecule has 1 fully saturated rings. The number of carbonyl (C=O) groups excluding carboxylic acids is 2. The number of amides is 1. The number of rotatable bonds is 3. The maximum absolute atomic E-state index is 13.0. The van der Waals surface area contributed by atoms with E-state index in [1.54, 1.807) is 6.92 Å². The number of allylic oxidation sites excluding steroid dienone is 1. The molecule has 0 spiro atoms. The number of aromatic nitrogens is 2. The van der Waals surface area contributed by atoms with Crippen molar-refractivity contribution < 1.29 is 14.3 Å². The highest BCUT2D eigenvalue weighted by Gasteiger charge is 2.32. The monoisotopic (exact) mass is 419 g/mol. The summed E-state index contributed by atoms with van der Waals surface area (Å²) in [5.41, 5.74) is 5.99. The summed E-state index contributed by atoms with van der Waals surface area (Å²) < 4.78 is 7.77. The third-order valence-corrected chi connectivity index (χ3v) is 6.97. The SMILES string of the molecule is CCC1C=Cc2c(cccc2-c2nn(C3CCOCC3)c3c2CN(C(C)=O)CC3)C1=O. The van der Waals surface area contributed by atoms with Crippen molar-refractivity contribution in [3.8, 4) is 11.3 Å². The van der Waals surface area contributed by atoms with Gasteiger partial charge in [-0.1, -0.05) is 37.3 Å². The first-order chi connectivity index (χ1) is 15.1. The van der Waals surface area contributed by atoms with Crippen molar-refractivity contribution in [3.63, 3.8) is 0 Å². The zero-order valence-electron chi connectivity index (χ0n) is 18.3. The molecule has 6 heteroatoms. The smallest absolute Gasteiger partial charge is 0.219 e. The summed E-state index contributed by atoms with van der Waals surface area (Å²) in [6.07, 6.45) is 7.63. The predicted molar refractivity (Wildman–Crippen MR) is 119 cm³/mol. The molecule has 1 aliphatic carbocycles. The second kappa shape index (κ2) is 8.08. The molecule has 0 bridgehead atoms. The number of ketones is 1. The Morgan fingerprint density at radius 1 is 1.23 bits per heavy atom. The molecular formula is C25H29N3O3. The Balaban J connectivity index is 1.65. The summed E-state index contributed by atoms with van der Waals surface area (Å²) >= 11 is 0. The lowest BCUT2D eigenvalue weighted by molar-refractivity contribution is -0.129. The lowest BCUT2D eigenvalue weighted by Gasteiger charge is -2.29. The molecule has 5 rings (SSSR count). The van der Waals surface area contributed by atoms with Gasteiger partial charge in [0, 0.05) is 68.0 Å². The molecule has 0 radical (unpaired) electrons. The summed E-state index contributed by atoms with van der Waals surface area (Å²) in [5, 5.41) is 5.13. The van der Waals surface area contributed by atoms with Crippen LogP contribution >= 0.6 is 0 Å². The Morgan fingerprint density at radius 3 is 2.74 bits per heavy atom. The molecule has 3 heterocycles. The molecule has 162 valence electrons. The first-order valence-corrected chi connectivity index (χ1v) is 11.4. The van der Waals surface area contributed by atoms with Gasteiger partial charge in [-0.15, -0.1) is 0 Å². The van der Waals surface area contributed by atoms with Crippen molar-refractivity contribution in [2.45, 2.75) is 52.1 Å². The molecule has 2 aromatic rings. The average molecular weight is 420 g/mol. The van der Waals surface area contributed by atoms with Crippen LogP contribution in [-0.4, -0.2) is 46.1 Å². The fraction of sp³-hybridized carbons (Fsp3) is 0.480. The number of hydrogen-bond acceptors (Lipinski definition) is 4. The highest BCUT2D eigenvalue weighted by molar-refractivity contribution is 6.06. The Morgan fingerprint density at radius 2 is 2.00 bits per heavy atom. The first kappa shape index (κ1) is 20.2. The van der Waals surface area contributed by atoms with E-state index in [2.05, 4.69) is 16.8 Å². The van der Waals surface area contributed by atoms with Gasteiger partial charge in [0.1, 0.15) is 0 Å². The van der Waals surface area contributed by atoms with E-state index in [9.17, 15) is 9.59 Å². The fourth-order valence-corrected chi connectivity index (χ4v) is 5.15. The molecule has 1 unspecified atom stereocenters. The Hall–Kier alpha value is -2.73. The summed E-state index contributed by atoms with van der Waals surface area (Å²) in [6, 6.07) is 6.27. The van der Waals surface area contributed by atoms with Gasteiger partial charge in [-0.2, -0.15) is 5.10 Å². The van der Waals surface area contributed by atoms with Crippen LogP contribution in [0.4, 0.5) is 0 Å². The molecule has 1 atom stereocenters. The molecule has 2 aliphatic heterocycles. The van der Waals surface area contributed by atoms with Crippen LogP contribution in [0.25, 0.3) is 17.3 Å². The van der Waals surface area contributed by atoms with E-state index in [1.807, 2.05) is 30.0 Å². The third kappa shape index (κ3) is 3.43. The lowest BCUT2D eigenvalue weighted by atomic mass is 9.83. The van der Waals surface area contributed by atoms with Crippen LogP contribution in [0.1, 0.15) is 66.3 Å². The largest absolute Gasteiger partial charge is 0.381 e. The van der Waals surface area contributed by atoms with Crippen molar-refractivity contribution in [2.75, 3.05) is 19.8 Å². The van der Waals surface area contributed by atoms with Gasteiger partial charge in [0.15, 0.2) is 5.78 Å². The number of ether oxygens (including phenoxy) is 1. The Labute approximate surface area is 182 Å².